The molecule has 132 valence electrons. The zero-order valence-electron chi connectivity index (χ0n) is 15.3. The highest BCUT2D eigenvalue weighted by molar-refractivity contribution is 6.05. The van der Waals surface area contributed by atoms with Crippen LogP contribution in [-0.4, -0.2) is 25.6 Å². The van der Waals surface area contributed by atoms with E-state index in [9.17, 15) is 4.79 Å². The third kappa shape index (κ3) is 3.95. The average molecular weight is 338 g/mol. The molecule has 1 aliphatic heterocycles. The monoisotopic (exact) mass is 338 g/mol. The van der Waals surface area contributed by atoms with Crippen LogP contribution in [-0.2, 0) is 0 Å². The Morgan fingerprint density at radius 2 is 1.84 bits per heavy atom. The number of hydrogen-bond donors (Lipinski definition) is 1. The SMILES string of the molecule is CCOc1ccc(C(=O)Nc2ccc(N3CCCC3)cc2C)cc1C. The minimum absolute atomic E-state index is 0.0943. The standard InChI is InChI=1S/C21H26N2O2/c1-4-25-20-10-7-17(13-16(20)3)21(24)22-19-9-8-18(14-15(19)2)23-11-5-6-12-23/h7-10,13-14H,4-6,11-12H2,1-3H3,(H,22,24). The summed E-state index contributed by atoms with van der Waals surface area (Å²) >= 11 is 0. The van der Waals surface area contributed by atoms with E-state index in [1.165, 1.54) is 18.5 Å². The Labute approximate surface area is 149 Å². The molecule has 25 heavy (non-hydrogen) atoms. The molecule has 1 aliphatic rings. The molecule has 2 aromatic rings. The van der Waals surface area contributed by atoms with Crippen LogP contribution in [0.15, 0.2) is 36.4 Å². The van der Waals surface area contributed by atoms with Gasteiger partial charge in [-0.25, -0.2) is 0 Å². The molecule has 0 saturated carbocycles. The first-order valence-corrected chi connectivity index (χ1v) is 8.99. The van der Waals surface area contributed by atoms with Crippen molar-refractivity contribution < 1.29 is 9.53 Å². The van der Waals surface area contributed by atoms with Crippen molar-refractivity contribution in [2.75, 3.05) is 29.9 Å². The Bertz CT molecular complexity index is 764. The number of ether oxygens (including phenoxy) is 1. The van der Waals surface area contributed by atoms with Gasteiger partial charge in [0.2, 0.25) is 0 Å². The van der Waals surface area contributed by atoms with Gasteiger partial charge in [-0.1, -0.05) is 0 Å². The molecule has 1 N–H and O–H groups in total. The molecule has 0 aliphatic carbocycles. The molecule has 1 fully saturated rings. The summed E-state index contributed by atoms with van der Waals surface area (Å²) in [6, 6.07) is 11.8. The maximum atomic E-state index is 12.6. The van der Waals surface area contributed by atoms with Crippen molar-refractivity contribution in [3.05, 3.63) is 53.1 Å². The Hall–Kier alpha value is -2.49. The molecule has 4 heteroatoms. The number of aryl methyl sites for hydroxylation is 2. The van der Waals surface area contributed by atoms with Crippen LogP contribution in [0, 0.1) is 13.8 Å². The highest BCUT2D eigenvalue weighted by Crippen LogP contribution is 2.26. The van der Waals surface area contributed by atoms with Gasteiger partial charge in [-0.2, -0.15) is 0 Å². The van der Waals surface area contributed by atoms with Crippen LogP contribution < -0.4 is 15.0 Å². The Kier molecular flexibility index (Phi) is 5.27. The minimum Gasteiger partial charge on any atom is -0.494 e. The Balaban J connectivity index is 1.73. The first kappa shape index (κ1) is 17.3. The predicted octanol–water partition coefficient (Wildman–Crippen LogP) is 4.55. The van der Waals surface area contributed by atoms with E-state index in [0.29, 0.717) is 12.2 Å². The number of benzene rings is 2. The molecule has 4 nitrogen and oxygen atoms in total. The van der Waals surface area contributed by atoms with Gasteiger partial charge in [-0.3, -0.25) is 4.79 Å². The zero-order valence-corrected chi connectivity index (χ0v) is 15.3. The van der Waals surface area contributed by atoms with E-state index in [2.05, 4.69) is 22.3 Å². The fourth-order valence-electron chi connectivity index (χ4n) is 3.26. The van der Waals surface area contributed by atoms with Crippen molar-refractivity contribution in [3.63, 3.8) is 0 Å². The van der Waals surface area contributed by atoms with E-state index < -0.39 is 0 Å². The molecule has 0 unspecified atom stereocenters. The van der Waals surface area contributed by atoms with Crippen LogP contribution in [0.25, 0.3) is 0 Å². The zero-order chi connectivity index (χ0) is 17.8. The lowest BCUT2D eigenvalue weighted by atomic mass is 10.1. The highest BCUT2D eigenvalue weighted by atomic mass is 16.5. The molecule has 0 radical (unpaired) electrons. The van der Waals surface area contributed by atoms with E-state index in [1.807, 2.05) is 39.0 Å². The number of amides is 1. The van der Waals surface area contributed by atoms with Crippen molar-refractivity contribution in [3.8, 4) is 5.75 Å². The van der Waals surface area contributed by atoms with Crippen molar-refractivity contribution >= 4 is 17.3 Å². The molecule has 0 bridgehead atoms. The number of hydrogen-bond acceptors (Lipinski definition) is 3. The van der Waals surface area contributed by atoms with Gasteiger partial charge < -0.3 is 15.0 Å². The largest absolute Gasteiger partial charge is 0.494 e. The average Bonchev–Trinajstić information content (AvgIpc) is 3.13. The minimum atomic E-state index is -0.0943. The molecule has 1 amide bonds. The first-order valence-electron chi connectivity index (χ1n) is 8.99. The van der Waals surface area contributed by atoms with Gasteiger partial charge in [0.25, 0.3) is 5.91 Å². The van der Waals surface area contributed by atoms with Gasteiger partial charge in [-0.05, 0) is 81.1 Å². The van der Waals surface area contributed by atoms with Gasteiger partial charge in [0.05, 0.1) is 6.61 Å². The highest BCUT2D eigenvalue weighted by Gasteiger charge is 2.14. The van der Waals surface area contributed by atoms with Gasteiger partial charge in [-0.15, -0.1) is 0 Å². The molecular formula is C21H26N2O2. The van der Waals surface area contributed by atoms with Crippen LogP contribution >= 0.6 is 0 Å². The second-order valence-electron chi connectivity index (χ2n) is 6.56. The van der Waals surface area contributed by atoms with Crippen LogP contribution in [0.4, 0.5) is 11.4 Å². The summed E-state index contributed by atoms with van der Waals surface area (Å²) in [7, 11) is 0. The molecule has 2 aromatic carbocycles. The molecule has 0 aromatic heterocycles. The Morgan fingerprint density at radius 1 is 1.08 bits per heavy atom. The smallest absolute Gasteiger partial charge is 0.255 e. The van der Waals surface area contributed by atoms with Crippen molar-refractivity contribution in [2.24, 2.45) is 0 Å². The molecule has 3 rings (SSSR count). The summed E-state index contributed by atoms with van der Waals surface area (Å²) in [6.07, 6.45) is 2.52. The third-order valence-corrected chi connectivity index (χ3v) is 4.67. The van der Waals surface area contributed by atoms with Gasteiger partial charge in [0, 0.05) is 30.0 Å². The number of nitrogens with one attached hydrogen (secondary N) is 1. The van der Waals surface area contributed by atoms with E-state index in [1.54, 1.807) is 6.07 Å². The maximum Gasteiger partial charge on any atom is 0.255 e. The first-order chi connectivity index (χ1) is 12.1. The van der Waals surface area contributed by atoms with Crippen molar-refractivity contribution in [2.45, 2.75) is 33.6 Å². The quantitative estimate of drug-likeness (QED) is 0.869. The number of anilines is 2. The second-order valence-corrected chi connectivity index (χ2v) is 6.56. The summed E-state index contributed by atoms with van der Waals surface area (Å²) in [5.41, 5.74) is 4.80. The number of rotatable bonds is 5. The summed E-state index contributed by atoms with van der Waals surface area (Å²) in [5, 5.41) is 3.02. The molecule has 1 heterocycles. The summed E-state index contributed by atoms with van der Waals surface area (Å²) < 4.78 is 5.53. The molecule has 0 atom stereocenters. The Morgan fingerprint density at radius 3 is 2.48 bits per heavy atom. The van der Waals surface area contributed by atoms with E-state index in [0.717, 1.165) is 35.7 Å². The van der Waals surface area contributed by atoms with Gasteiger partial charge >= 0.3 is 0 Å². The molecular weight excluding hydrogens is 312 g/mol. The number of carbonyl (C=O) groups excluding carboxylic acids is 1. The fraction of sp³-hybridized carbons (Fsp3) is 0.381. The summed E-state index contributed by atoms with van der Waals surface area (Å²) in [6.45, 7) is 8.81. The lowest BCUT2D eigenvalue weighted by Crippen LogP contribution is -2.18. The van der Waals surface area contributed by atoms with E-state index >= 15 is 0 Å². The second kappa shape index (κ2) is 7.60. The van der Waals surface area contributed by atoms with Crippen LogP contribution in [0.1, 0.15) is 41.3 Å². The lowest BCUT2D eigenvalue weighted by Gasteiger charge is -2.19. The maximum absolute atomic E-state index is 12.6. The molecule has 0 spiro atoms. The van der Waals surface area contributed by atoms with Crippen LogP contribution in [0.5, 0.6) is 5.75 Å². The number of nitrogens with zero attached hydrogens (tertiary/aromatic N) is 1. The van der Waals surface area contributed by atoms with Crippen LogP contribution in [0.3, 0.4) is 0 Å². The normalized spacial score (nSPS) is 13.8. The van der Waals surface area contributed by atoms with Crippen molar-refractivity contribution in [1.82, 2.24) is 0 Å². The van der Waals surface area contributed by atoms with Gasteiger partial charge in [0.1, 0.15) is 5.75 Å². The number of carbonyl (C=O) groups is 1. The van der Waals surface area contributed by atoms with Crippen molar-refractivity contribution in [1.29, 1.82) is 0 Å². The topological polar surface area (TPSA) is 41.6 Å². The summed E-state index contributed by atoms with van der Waals surface area (Å²) in [5.74, 6) is 0.730. The predicted molar refractivity (Wildman–Crippen MR) is 103 cm³/mol. The van der Waals surface area contributed by atoms with Crippen LogP contribution in [0.2, 0.25) is 0 Å². The fourth-order valence-corrected chi connectivity index (χ4v) is 3.26. The van der Waals surface area contributed by atoms with E-state index in [4.69, 9.17) is 4.74 Å². The lowest BCUT2D eigenvalue weighted by molar-refractivity contribution is 0.102. The molecule has 1 saturated heterocycles. The third-order valence-electron chi connectivity index (χ3n) is 4.67. The van der Waals surface area contributed by atoms with E-state index in [-0.39, 0.29) is 5.91 Å². The van der Waals surface area contributed by atoms with Gasteiger partial charge in [0.15, 0.2) is 0 Å². The summed E-state index contributed by atoms with van der Waals surface area (Å²) in [4.78, 5) is 15.0.